The highest BCUT2D eigenvalue weighted by Gasteiger charge is 2.20. The molecule has 0 atom stereocenters. The summed E-state index contributed by atoms with van der Waals surface area (Å²) in [5, 5.41) is 6.77. The van der Waals surface area contributed by atoms with Gasteiger partial charge in [-0.1, -0.05) is 61.2 Å². The molecule has 5 rings (SSSR count). The highest BCUT2D eigenvalue weighted by Crippen LogP contribution is 2.33. The molecular formula is C28H24NO+. The number of allylic oxidation sites excluding steroid dienone is 2. The van der Waals surface area contributed by atoms with Gasteiger partial charge in [0.1, 0.15) is 18.0 Å². The molecule has 0 saturated carbocycles. The predicted octanol–water partition coefficient (Wildman–Crippen LogP) is 5.14. The minimum atomic E-state index is 0.837. The molecule has 2 nitrogen and oxygen atoms in total. The lowest BCUT2D eigenvalue weighted by molar-refractivity contribution is -0.673. The molecule has 3 aromatic carbocycles. The maximum absolute atomic E-state index is 6.66. The van der Waals surface area contributed by atoms with Gasteiger partial charge in [0.15, 0.2) is 6.20 Å². The lowest BCUT2D eigenvalue weighted by Crippen LogP contribution is -2.35. The van der Waals surface area contributed by atoms with Crippen molar-refractivity contribution in [3.05, 3.63) is 101 Å². The molecule has 2 aromatic heterocycles. The van der Waals surface area contributed by atoms with Crippen molar-refractivity contribution < 1.29 is 8.98 Å². The van der Waals surface area contributed by atoms with Crippen molar-refractivity contribution in [3.8, 4) is 0 Å². The van der Waals surface area contributed by atoms with Crippen LogP contribution in [0.5, 0.6) is 0 Å². The SMILES string of the molecule is C=c1/c(=C(\C(C)=C/C)c2cccc[n+]2C)oc2c3ccccc3c3ccccc3c12. The van der Waals surface area contributed by atoms with E-state index < -0.39 is 0 Å². The average Bonchev–Trinajstić information content (AvgIpc) is 3.12. The van der Waals surface area contributed by atoms with Crippen molar-refractivity contribution in [1.29, 1.82) is 0 Å². The van der Waals surface area contributed by atoms with E-state index in [1.807, 2.05) is 6.07 Å². The summed E-state index contributed by atoms with van der Waals surface area (Å²) in [6.07, 6.45) is 4.19. The van der Waals surface area contributed by atoms with Crippen LogP contribution in [0.15, 0.2) is 89.0 Å². The molecule has 0 bridgehead atoms. The number of pyridine rings is 1. The van der Waals surface area contributed by atoms with Gasteiger partial charge >= 0.3 is 0 Å². The third-order valence-electron chi connectivity index (χ3n) is 6.03. The molecule has 30 heavy (non-hydrogen) atoms. The molecule has 5 aromatic rings. The van der Waals surface area contributed by atoms with Crippen LogP contribution in [-0.2, 0) is 7.05 Å². The minimum absolute atomic E-state index is 0.837. The van der Waals surface area contributed by atoms with E-state index in [2.05, 4.69) is 105 Å². The van der Waals surface area contributed by atoms with Gasteiger partial charge in [0.25, 0.3) is 0 Å². The van der Waals surface area contributed by atoms with Crippen LogP contribution in [0.3, 0.4) is 0 Å². The highest BCUT2D eigenvalue weighted by atomic mass is 16.3. The number of rotatable bonds is 2. The van der Waals surface area contributed by atoms with Crippen molar-refractivity contribution >= 4 is 44.7 Å². The van der Waals surface area contributed by atoms with Crippen molar-refractivity contribution in [1.82, 2.24) is 0 Å². The summed E-state index contributed by atoms with van der Waals surface area (Å²) in [4.78, 5) is 0. The van der Waals surface area contributed by atoms with Crippen LogP contribution < -0.4 is 15.2 Å². The van der Waals surface area contributed by atoms with Gasteiger partial charge in [0.05, 0.1) is 5.57 Å². The molecule has 0 saturated heterocycles. The van der Waals surface area contributed by atoms with Crippen LogP contribution in [0.1, 0.15) is 19.5 Å². The van der Waals surface area contributed by atoms with Gasteiger partial charge in [-0.05, 0) is 41.6 Å². The molecule has 0 aliphatic rings. The fourth-order valence-corrected chi connectivity index (χ4v) is 4.42. The smallest absolute Gasteiger partial charge is 0.216 e. The number of hydrogen-bond donors (Lipinski definition) is 0. The topological polar surface area (TPSA) is 17.0 Å². The first-order valence-electron chi connectivity index (χ1n) is 10.3. The summed E-state index contributed by atoms with van der Waals surface area (Å²) in [6.45, 7) is 8.70. The largest absolute Gasteiger partial charge is 0.454 e. The van der Waals surface area contributed by atoms with Gasteiger partial charge in [0.2, 0.25) is 5.69 Å². The summed E-state index contributed by atoms with van der Waals surface area (Å²) in [6, 6.07) is 23.2. The summed E-state index contributed by atoms with van der Waals surface area (Å²) in [5.41, 5.74) is 5.09. The van der Waals surface area contributed by atoms with E-state index in [-0.39, 0.29) is 0 Å². The monoisotopic (exact) mass is 390 g/mol. The predicted molar refractivity (Wildman–Crippen MR) is 126 cm³/mol. The van der Waals surface area contributed by atoms with E-state index in [1.165, 1.54) is 16.2 Å². The van der Waals surface area contributed by atoms with Crippen LogP contribution in [0.25, 0.3) is 44.7 Å². The average molecular weight is 391 g/mol. The molecule has 146 valence electrons. The maximum Gasteiger partial charge on any atom is 0.216 e. The lowest BCUT2D eigenvalue weighted by Gasteiger charge is -2.05. The Morgan fingerprint density at radius 3 is 2.13 bits per heavy atom. The van der Waals surface area contributed by atoms with Crippen LogP contribution in [0.2, 0.25) is 0 Å². The van der Waals surface area contributed by atoms with Crippen LogP contribution in [0, 0.1) is 0 Å². The zero-order valence-electron chi connectivity index (χ0n) is 17.6. The molecule has 0 amide bonds. The third kappa shape index (κ3) is 2.61. The standard InChI is InChI=1S/C28H24NO/c1-5-18(2)25(24-16-10-11-17-29(24)4)27-19(3)26-22-14-8-6-12-20(22)21-13-7-9-15-23(21)28(26)30-27/h5-17H,3H2,1-2,4H3/q+1/b18-5-,27-25-. The minimum Gasteiger partial charge on any atom is -0.454 e. The Balaban J connectivity index is 2.10. The second-order valence-corrected chi connectivity index (χ2v) is 7.75. The van der Waals surface area contributed by atoms with Crippen molar-refractivity contribution in [3.63, 3.8) is 0 Å². The number of aromatic nitrogens is 1. The third-order valence-corrected chi connectivity index (χ3v) is 6.03. The molecule has 0 aliphatic heterocycles. The van der Waals surface area contributed by atoms with Crippen molar-refractivity contribution in [2.45, 2.75) is 13.8 Å². The maximum atomic E-state index is 6.66. The first-order valence-corrected chi connectivity index (χ1v) is 10.3. The van der Waals surface area contributed by atoms with Gasteiger partial charge in [0, 0.05) is 28.1 Å². The van der Waals surface area contributed by atoms with Crippen LogP contribution >= 0.6 is 0 Å². The normalized spacial score (nSPS) is 13.4. The van der Waals surface area contributed by atoms with Crippen molar-refractivity contribution in [2.75, 3.05) is 0 Å². The molecule has 2 heteroatoms. The number of furan rings is 1. The Morgan fingerprint density at radius 2 is 1.47 bits per heavy atom. The summed E-state index contributed by atoms with van der Waals surface area (Å²) in [7, 11) is 2.06. The van der Waals surface area contributed by atoms with Crippen LogP contribution in [0.4, 0.5) is 0 Å². The van der Waals surface area contributed by atoms with Gasteiger partial charge < -0.3 is 4.42 Å². The van der Waals surface area contributed by atoms with Gasteiger partial charge in [-0.15, -0.1) is 0 Å². The molecule has 0 aliphatic carbocycles. The molecule has 0 N–H and O–H groups in total. The summed E-state index contributed by atoms with van der Waals surface area (Å²) in [5.74, 6) is 0. The molecular weight excluding hydrogens is 366 g/mol. The Hall–Kier alpha value is -3.65. The van der Waals surface area contributed by atoms with E-state index >= 15 is 0 Å². The molecule has 0 spiro atoms. The van der Waals surface area contributed by atoms with Gasteiger partial charge in [-0.2, -0.15) is 0 Å². The Bertz CT molecular complexity index is 1580. The van der Waals surface area contributed by atoms with E-state index in [0.29, 0.717) is 0 Å². The Labute approximate surface area is 175 Å². The fraction of sp³-hybridized carbons (Fsp3) is 0.107. The quantitative estimate of drug-likeness (QED) is 0.301. The zero-order chi connectivity index (χ0) is 20.8. The van der Waals surface area contributed by atoms with Gasteiger partial charge in [-0.3, -0.25) is 0 Å². The van der Waals surface area contributed by atoms with E-state index in [0.717, 1.165) is 43.8 Å². The Morgan fingerprint density at radius 1 is 0.867 bits per heavy atom. The molecule has 0 fully saturated rings. The molecule has 2 heterocycles. The highest BCUT2D eigenvalue weighted by molar-refractivity contribution is 6.23. The number of aryl methyl sites for hydroxylation is 1. The van der Waals surface area contributed by atoms with Crippen LogP contribution in [-0.4, -0.2) is 0 Å². The fourth-order valence-electron chi connectivity index (χ4n) is 4.42. The second kappa shape index (κ2) is 7.00. The number of fused-ring (bicyclic) bond motifs is 6. The number of hydrogen-bond acceptors (Lipinski definition) is 1. The van der Waals surface area contributed by atoms with Gasteiger partial charge in [-0.25, -0.2) is 4.57 Å². The lowest BCUT2D eigenvalue weighted by atomic mass is 9.97. The molecule has 0 unspecified atom stereocenters. The zero-order valence-corrected chi connectivity index (χ0v) is 17.6. The second-order valence-electron chi connectivity index (χ2n) is 7.75. The Kier molecular flexibility index (Phi) is 4.29. The number of nitrogens with zero attached hydrogens (tertiary/aromatic N) is 1. The van der Waals surface area contributed by atoms with E-state index in [9.17, 15) is 0 Å². The van der Waals surface area contributed by atoms with Crippen molar-refractivity contribution in [2.24, 2.45) is 7.05 Å². The van der Waals surface area contributed by atoms with E-state index in [1.54, 1.807) is 0 Å². The van der Waals surface area contributed by atoms with E-state index in [4.69, 9.17) is 4.42 Å². The molecule has 0 radical (unpaired) electrons. The summed E-state index contributed by atoms with van der Waals surface area (Å²) >= 11 is 0. The number of benzene rings is 3. The summed E-state index contributed by atoms with van der Waals surface area (Å²) < 4.78 is 8.79. The first-order chi connectivity index (χ1) is 14.6. The first kappa shape index (κ1) is 18.4.